The first kappa shape index (κ1) is 15.6. The normalized spacial score (nSPS) is 11.0. The van der Waals surface area contributed by atoms with E-state index in [1.807, 2.05) is 0 Å². The third-order valence-electron chi connectivity index (χ3n) is 2.36. The summed E-state index contributed by atoms with van der Waals surface area (Å²) in [7, 11) is 0. The number of alkyl halides is 3. The van der Waals surface area contributed by atoms with Crippen LogP contribution in [0.4, 0.5) is 18.9 Å². The van der Waals surface area contributed by atoms with E-state index in [0.29, 0.717) is 10.6 Å². The maximum absolute atomic E-state index is 12.5. The molecule has 0 aliphatic heterocycles. The monoisotopic (exact) mass is 330 g/mol. The van der Waals surface area contributed by atoms with E-state index in [9.17, 15) is 18.0 Å². The van der Waals surface area contributed by atoms with Crippen molar-refractivity contribution in [2.24, 2.45) is 4.99 Å². The van der Waals surface area contributed by atoms with Gasteiger partial charge in [0.05, 0.1) is 16.3 Å². The molecule has 2 aromatic rings. The lowest BCUT2D eigenvalue weighted by atomic mass is 10.3. The minimum atomic E-state index is -4.48. The highest BCUT2D eigenvalue weighted by atomic mass is 35.5. The SMILES string of the molecule is O=C=Nc1ccc(Sc2ncc(C(F)(F)F)cc2Cl)cc1. The maximum atomic E-state index is 12.5. The molecule has 2 rings (SSSR count). The number of halogens is 4. The molecule has 0 bridgehead atoms. The Morgan fingerprint density at radius 1 is 1.24 bits per heavy atom. The average molecular weight is 331 g/mol. The van der Waals surface area contributed by atoms with Gasteiger partial charge in [0, 0.05) is 11.1 Å². The van der Waals surface area contributed by atoms with Crippen LogP contribution in [0.2, 0.25) is 5.02 Å². The Morgan fingerprint density at radius 3 is 2.43 bits per heavy atom. The average Bonchev–Trinajstić information content (AvgIpc) is 2.42. The third-order valence-corrected chi connectivity index (χ3v) is 3.79. The van der Waals surface area contributed by atoms with E-state index < -0.39 is 11.7 Å². The molecule has 0 spiro atoms. The van der Waals surface area contributed by atoms with Crippen LogP contribution in [0.1, 0.15) is 5.56 Å². The summed E-state index contributed by atoms with van der Waals surface area (Å²) in [5, 5.41) is 0.182. The first-order chi connectivity index (χ1) is 9.90. The lowest BCUT2D eigenvalue weighted by molar-refractivity contribution is -0.137. The Bertz CT molecular complexity index is 698. The molecule has 0 saturated heterocycles. The molecule has 0 atom stereocenters. The number of aliphatic imine (C=N–C) groups is 1. The van der Waals surface area contributed by atoms with Crippen LogP contribution in [-0.4, -0.2) is 11.1 Å². The molecule has 0 aliphatic rings. The number of benzene rings is 1. The first-order valence-corrected chi connectivity index (χ1v) is 6.68. The lowest BCUT2D eigenvalue weighted by Gasteiger charge is -2.08. The van der Waals surface area contributed by atoms with Crippen molar-refractivity contribution in [1.82, 2.24) is 4.98 Å². The van der Waals surface area contributed by atoms with Gasteiger partial charge >= 0.3 is 6.18 Å². The zero-order valence-electron chi connectivity index (χ0n) is 10.2. The van der Waals surface area contributed by atoms with Gasteiger partial charge in [0.1, 0.15) is 5.03 Å². The zero-order valence-corrected chi connectivity index (χ0v) is 11.8. The minimum Gasteiger partial charge on any atom is -0.247 e. The summed E-state index contributed by atoms with van der Waals surface area (Å²) in [6, 6.07) is 7.28. The van der Waals surface area contributed by atoms with Crippen molar-refractivity contribution in [1.29, 1.82) is 0 Å². The quantitative estimate of drug-likeness (QED) is 0.595. The standard InChI is InChI=1S/C13H6ClF3N2OS/c14-11-5-8(13(15,16)17)6-18-12(11)21-10-3-1-9(2-4-10)19-7-20/h1-6H. The van der Waals surface area contributed by atoms with E-state index in [1.54, 1.807) is 24.3 Å². The molecule has 0 radical (unpaired) electrons. The molecule has 0 saturated carbocycles. The molecular weight excluding hydrogens is 325 g/mol. The van der Waals surface area contributed by atoms with Gasteiger partial charge in [-0.15, -0.1) is 0 Å². The van der Waals surface area contributed by atoms with Crippen molar-refractivity contribution in [3.05, 3.63) is 47.1 Å². The molecule has 1 heterocycles. The van der Waals surface area contributed by atoms with Gasteiger partial charge in [-0.2, -0.15) is 18.2 Å². The van der Waals surface area contributed by atoms with Gasteiger partial charge in [0.25, 0.3) is 0 Å². The number of nitrogens with zero attached hydrogens (tertiary/aromatic N) is 2. The molecule has 3 nitrogen and oxygen atoms in total. The second-order valence-electron chi connectivity index (χ2n) is 3.81. The van der Waals surface area contributed by atoms with E-state index >= 15 is 0 Å². The van der Waals surface area contributed by atoms with Crippen molar-refractivity contribution >= 4 is 35.1 Å². The number of rotatable bonds is 3. The summed E-state index contributed by atoms with van der Waals surface area (Å²) < 4.78 is 37.5. The number of aromatic nitrogens is 1. The summed E-state index contributed by atoms with van der Waals surface area (Å²) >= 11 is 6.92. The van der Waals surface area contributed by atoms with Crippen molar-refractivity contribution in [2.75, 3.05) is 0 Å². The van der Waals surface area contributed by atoms with Crippen LogP contribution < -0.4 is 0 Å². The van der Waals surface area contributed by atoms with E-state index in [4.69, 9.17) is 11.6 Å². The van der Waals surface area contributed by atoms with Gasteiger partial charge in [-0.1, -0.05) is 23.4 Å². The number of hydrogen-bond donors (Lipinski definition) is 0. The highest BCUT2D eigenvalue weighted by molar-refractivity contribution is 7.99. The smallest absolute Gasteiger partial charge is 0.247 e. The van der Waals surface area contributed by atoms with Crippen LogP contribution in [0, 0.1) is 0 Å². The second-order valence-corrected chi connectivity index (χ2v) is 5.28. The number of pyridine rings is 1. The summed E-state index contributed by atoms with van der Waals surface area (Å²) in [5.41, 5.74) is -0.464. The van der Waals surface area contributed by atoms with E-state index in [2.05, 4.69) is 9.98 Å². The molecule has 21 heavy (non-hydrogen) atoms. The second kappa shape index (κ2) is 6.30. The third kappa shape index (κ3) is 4.07. The van der Waals surface area contributed by atoms with E-state index in [0.717, 1.165) is 24.0 Å². The molecule has 0 N–H and O–H groups in total. The minimum absolute atomic E-state index is 0.0789. The predicted octanol–water partition coefficient (Wildman–Crippen LogP) is 4.87. The summed E-state index contributed by atoms with van der Waals surface area (Å²) in [6.45, 7) is 0. The van der Waals surface area contributed by atoms with Crippen LogP contribution in [0.15, 0.2) is 51.4 Å². The highest BCUT2D eigenvalue weighted by Crippen LogP contribution is 2.36. The fraction of sp³-hybridized carbons (Fsp3) is 0.0769. The van der Waals surface area contributed by atoms with Crippen LogP contribution >= 0.6 is 23.4 Å². The van der Waals surface area contributed by atoms with Crippen molar-refractivity contribution in [2.45, 2.75) is 16.1 Å². The Hall–Kier alpha value is -1.82. The van der Waals surface area contributed by atoms with Gasteiger partial charge in [0.15, 0.2) is 0 Å². The summed E-state index contributed by atoms with van der Waals surface area (Å²) in [6.07, 6.45) is -2.33. The number of isocyanates is 1. The van der Waals surface area contributed by atoms with E-state index in [1.165, 1.54) is 6.08 Å². The Morgan fingerprint density at radius 2 is 1.90 bits per heavy atom. The van der Waals surface area contributed by atoms with Crippen LogP contribution in [-0.2, 0) is 11.0 Å². The van der Waals surface area contributed by atoms with Crippen LogP contribution in [0.25, 0.3) is 0 Å². The largest absolute Gasteiger partial charge is 0.417 e. The number of carbonyl (C=O) groups excluding carboxylic acids is 1. The Balaban J connectivity index is 2.21. The molecule has 8 heteroatoms. The molecule has 1 aromatic carbocycles. The van der Waals surface area contributed by atoms with Gasteiger partial charge in [0.2, 0.25) is 6.08 Å². The molecule has 108 valence electrons. The van der Waals surface area contributed by atoms with Crippen molar-refractivity contribution in [3.63, 3.8) is 0 Å². The molecular formula is C13H6ClF3N2OS. The van der Waals surface area contributed by atoms with E-state index in [-0.39, 0.29) is 10.0 Å². The first-order valence-electron chi connectivity index (χ1n) is 5.48. The molecule has 0 amide bonds. The van der Waals surface area contributed by atoms with Gasteiger partial charge < -0.3 is 0 Å². The van der Waals surface area contributed by atoms with Crippen LogP contribution in [0.5, 0.6) is 0 Å². The molecule has 0 aliphatic carbocycles. The zero-order chi connectivity index (χ0) is 15.5. The van der Waals surface area contributed by atoms with Crippen LogP contribution in [0.3, 0.4) is 0 Å². The number of hydrogen-bond acceptors (Lipinski definition) is 4. The molecule has 1 aromatic heterocycles. The summed E-state index contributed by atoms with van der Waals surface area (Å²) in [5.74, 6) is 0. The van der Waals surface area contributed by atoms with Crippen molar-refractivity contribution < 1.29 is 18.0 Å². The van der Waals surface area contributed by atoms with Crippen molar-refractivity contribution in [3.8, 4) is 0 Å². The predicted molar refractivity (Wildman–Crippen MR) is 72.6 cm³/mol. The topological polar surface area (TPSA) is 42.3 Å². The van der Waals surface area contributed by atoms with Gasteiger partial charge in [-0.25, -0.2) is 9.78 Å². The maximum Gasteiger partial charge on any atom is 0.417 e. The Kier molecular flexibility index (Phi) is 4.67. The molecule has 0 fully saturated rings. The highest BCUT2D eigenvalue weighted by Gasteiger charge is 2.31. The fourth-order valence-electron chi connectivity index (χ4n) is 1.41. The lowest BCUT2D eigenvalue weighted by Crippen LogP contribution is -2.05. The fourth-order valence-corrected chi connectivity index (χ4v) is 2.45. The molecule has 0 unspecified atom stereocenters. The van der Waals surface area contributed by atoms with Gasteiger partial charge in [-0.05, 0) is 30.3 Å². The summed E-state index contributed by atoms with van der Waals surface area (Å²) in [4.78, 5) is 17.9. The Labute approximate surface area is 126 Å². The van der Waals surface area contributed by atoms with Gasteiger partial charge in [-0.3, -0.25) is 0 Å².